The van der Waals surface area contributed by atoms with Gasteiger partial charge >= 0.3 is 29.6 Å². The topological polar surface area (TPSA) is 42.9 Å². The Hall–Kier alpha value is -0.965. The maximum atomic E-state index is 10.4. The number of hydrogen-bond donors (Lipinski definition) is 0. The largest absolute Gasteiger partial charge is 1.00 e. The van der Waals surface area contributed by atoms with Gasteiger partial charge in [0.1, 0.15) is 0 Å². The van der Waals surface area contributed by atoms with Gasteiger partial charge in [0.15, 0.2) is 12.1 Å². The molecule has 0 bridgehead atoms. The standard InChI is InChI=1S/C11H8N2O.BH4.Na/c14-8-9-6-12-11(13-7-9)10-4-2-1-3-5-10;;/h1-8H;1H4;/q;-1;+1. The number of aldehydes is 1. The molecule has 0 saturated carbocycles. The maximum absolute atomic E-state index is 10.4. The molecule has 0 saturated heterocycles. The molecule has 2 rings (SSSR count). The second kappa shape index (κ2) is 7.33. The number of rotatable bonds is 2. The molecule has 2 aromatic rings. The average molecular weight is 222 g/mol. The third kappa shape index (κ3) is 3.56. The molecule has 0 spiro atoms. The van der Waals surface area contributed by atoms with Crippen LogP contribution in [-0.2, 0) is 0 Å². The molecular formula is C11H12BN2NaO. The zero-order valence-electron chi connectivity index (χ0n) is 8.42. The SMILES string of the molecule is O=Cc1cnc(-c2ccccc2)nc1.[BH4-].[Na+]. The van der Waals surface area contributed by atoms with Crippen LogP contribution in [0.3, 0.4) is 0 Å². The van der Waals surface area contributed by atoms with E-state index in [9.17, 15) is 4.79 Å². The van der Waals surface area contributed by atoms with Crippen molar-refractivity contribution in [1.82, 2.24) is 9.97 Å². The van der Waals surface area contributed by atoms with Crippen LogP contribution in [0.1, 0.15) is 10.4 Å². The van der Waals surface area contributed by atoms with Crippen molar-refractivity contribution in [2.75, 3.05) is 0 Å². The van der Waals surface area contributed by atoms with Gasteiger partial charge in [-0.05, 0) is 0 Å². The van der Waals surface area contributed by atoms with Gasteiger partial charge in [-0.1, -0.05) is 38.7 Å². The number of carbonyl (C=O) groups excluding carboxylic acids is 1. The zero-order valence-corrected chi connectivity index (χ0v) is 10.4. The van der Waals surface area contributed by atoms with Crippen LogP contribution in [0.4, 0.5) is 0 Å². The summed E-state index contributed by atoms with van der Waals surface area (Å²) in [6, 6.07) is 9.63. The normalized spacial score (nSPS) is 8.50. The molecule has 0 aliphatic heterocycles. The van der Waals surface area contributed by atoms with Crippen LogP contribution in [0.25, 0.3) is 11.4 Å². The van der Waals surface area contributed by atoms with Crippen LogP contribution in [0.15, 0.2) is 42.7 Å². The summed E-state index contributed by atoms with van der Waals surface area (Å²) >= 11 is 0. The van der Waals surface area contributed by atoms with E-state index in [2.05, 4.69) is 9.97 Å². The van der Waals surface area contributed by atoms with Crippen molar-refractivity contribution in [3.8, 4) is 11.4 Å². The molecule has 16 heavy (non-hydrogen) atoms. The first-order valence-electron chi connectivity index (χ1n) is 4.23. The Morgan fingerprint density at radius 2 is 1.56 bits per heavy atom. The van der Waals surface area contributed by atoms with Crippen molar-refractivity contribution in [3.63, 3.8) is 0 Å². The van der Waals surface area contributed by atoms with Gasteiger partial charge in [0.05, 0.1) is 5.56 Å². The second-order valence-corrected chi connectivity index (χ2v) is 2.82. The van der Waals surface area contributed by atoms with E-state index in [0.717, 1.165) is 11.8 Å². The van der Waals surface area contributed by atoms with Crippen LogP contribution < -0.4 is 29.6 Å². The first kappa shape index (κ1) is 15.0. The van der Waals surface area contributed by atoms with Crippen molar-refractivity contribution in [2.24, 2.45) is 0 Å². The fraction of sp³-hybridized carbons (Fsp3) is 0. The molecule has 0 unspecified atom stereocenters. The Labute approximate surface area is 118 Å². The molecular weight excluding hydrogens is 210 g/mol. The smallest absolute Gasteiger partial charge is 0.298 e. The van der Waals surface area contributed by atoms with Crippen molar-refractivity contribution in [1.29, 1.82) is 0 Å². The van der Waals surface area contributed by atoms with Crippen molar-refractivity contribution in [2.45, 2.75) is 0 Å². The van der Waals surface area contributed by atoms with Crippen molar-refractivity contribution >= 4 is 14.7 Å². The number of nitrogens with zero attached hydrogens (tertiary/aromatic N) is 2. The molecule has 1 aromatic carbocycles. The van der Waals surface area contributed by atoms with E-state index in [-0.39, 0.29) is 38.0 Å². The average Bonchev–Trinajstić information content (AvgIpc) is 2.30. The Morgan fingerprint density at radius 3 is 2.06 bits per heavy atom. The van der Waals surface area contributed by atoms with Gasteiger partial charge in [-0.15, -0.1) is 0 Å². The summed E-state index contributed by atoms with van der Waals surface area (Å²) in [5.74, 6) is 0.635. The molecule has 5 heteroatoms. The van der Waals surface area contributed by atoms with Gasteiger partial charge in [-0.2, -0.15) is 0 Å². The van der Waals surface area contributed by atoms with Crippen LogP contribution >= 0.6 is 0 Å². The van der Waals surface area contributed by atoms with E-state index < -0.39 is 0 Å². The molecule has 0 aliphatic rings. The third-order valence-electron chi connectivity index (χ3n) is 1.84. The summed E-state index contributed by atoms with van der Waals surface area (Å²) in [7, 11) is 0. The molecule has 0 aliphatic carbocycles. The second-order valence-electron chi connectivity index (χ2n) is 2.82. The third-order valence-corrected chi connectivity index (χ3v) is 1.84. The predicted molar refractivity (Wildman–Crippen MR) is 64.2 cm³/mol. The molecule has 0 fully saturated rings. The van der Waals surface area contributed by atoms with E-state index in [1.807, 2.05) is 30.3 Å². The summed E-state index contributed by atoms with van der Waals surface area (Å²) in [6.07, 6.45) is 3.76. The fourth-order valence-electron chi connectivity index (χ4n) is 1.14. The van der Waals surface area contributed by atoms with Gasteiger partial charge in [0.25, 0.3) is 0 Å². The van der Waals surface area contributed by atoms with Gasteiger partial charge < -0.3 is 0 Å². The van der Waals surface area contributed by atoms with Gasteiger partial charge in [-0.3, -0.25) is 4.79 Å². The van der Waals surface area contributed by atoms with Crippen LogP contribution in [0.5, 0.6) is 0 Å². The minimum Gasteiger partial charge on any atom is -0.298 e. The molecule has 0 atom stereocenters. The van der Waals surface area contributed by atoms with E-state index in [4.69, 9.17) is 0 Å². The Kier molecular flexibility index (Phi) is 6.89. The fourth-order valence-corrected chi connectivity index (χ4v) is 1.14. The van der Waals surface area contributed by atoms with Crippen LogP contribution in [-0.4, -0.2) is 24.7 Å². The van der Waals surface area contributed by atoms with Crippen molar-refractivity contribution < 1.29 is 34.4 Å². The van der Waals surface area contributed by atoms with Crippen LogP contribution in [0, 0.1) is 0 Å². The summed E-state index contributed by atoms with van der Waals surface area (Å²) in [6.45, 7) is 0. The number of hydrogen-bond acceptors (Lipinski definition) is 3. The van der Waals surface area contributed by atoms with Gasteiger partial charge in [-0.25, -0.2) is 9.97 Å². The molecule has 76 valence electrons. The van der Waals surface area contributed by atoms with Crippen LogP contribution in [0.2, 0.25) is 0 Å². The van der Waals surface area contributed by atoms with Gasteiger partial charge in [0.2, 0.25) is 0 Å². The number of benzene rings is 1. The molecule has 1 aromatic heterocycles. The molecule has 0 radical (unpaired) electrons. The molecule has 3 nitrogen and oxygen atoms in total. The Balaban J connectivity index is 0.00000112. The minimum atomic E-state index is 0. The predicted octanol–water partition coefficient (Wildman–Crippen LogP) is -2.49. The summed E-state index contributed by atoms with van der Waals surface area (Å²) < 4.78 is 0. The first-order valence-corrected chi connectivity index (χ1v) is 4.23. The Morgan fingerprint density at radius 1 is 1.00 bits per heavy atom. The van der Waals surface area contributed by atoms with E-state index in [1.54, 1.807) is 0 Å². The maximum Gasteiger partial charge on any atom is 1.00 e. The van der Waals surface area contributed by atoms with E-state index >= 15 is 0 Å². The number of aromatic nitrogens is 2. The monoisotopic (exact) mass is 222 g/mol. The molecule has 1 heterocycles. The van der Waals surface area contributed by atoms with E-state index in [1.165, 1.54) is 12.4 Å². The summed E-state index contributed by atoms with van der Waals surface area (Å²) in [5.41, 5.74) is 1.44. The molecule has 0 amide bonds. The van der Waals surface area contributed by atoms with E-state index in [0.29, 0.717) is 11.4 Å². The summed E-state index contributed by atoms with van der Waals surface area (Å²) in [4.78, 5) is 18.5. The quantitative estimate of drug-likeness (QED) is 0.417. The summed E-state index contributed by atoms with van der Waals surface area (Å²) in [5, 5.41) is 0. The number of carbonyl (C=O) groups is 1. The Bertz CT molecular complexity index is 433. The van der Waals surface area contributed by atoms with Gasteiger partial charge in [0, 0.05) is 18.0 Å². The first-order chi connectivity index (χ1) is 6.90. The minimum absolute atomic E-state index is 0. The zero-order chi connectivity index (χ0) is 9.80. The van der Waals surface area contributed by atoms with Crippen molar-refractivity contribution in [3.05, 3.63) is 48.3 Å². The molecule has 0 N–H and O–H groups in total.